The molecule has 6 nitrogen and oxygen atoms in total. The molecule has 0 unspecified atom stereocenters. The Morgan fingerprint density at radius 3 is 2.41 bits per heavy atom. The van der Waals surface area contributed by atoms with Gasteiger partial charge in [0.2, 0.25) is 0 Å². The Morgan fingerprint density at radius 1 is 0.811 bits per heavy atom. The van der Waals surface area contributed by atoms with E-state index < -0.39 is 10.0 Å². The lowest BCUT2D eigenvalue weighted by Gasteiger charge is -2.35. The van der Waals surface area contributed by atoms with Crippen LogP contribution in [0.25, 0.3) is 20.9 Å². The van der Waals surface area contributed by atoms with Gasteiger partial charge in [-0.1, -0.05) is 60.7 Å². The Bertz CT molecular complexity index is 1660. The van der Waals surface area contributed by atoms with E-state index in [0.717, 1.165) is 61.3 Å². The number of anilines is 2. The number of aromatic nitrogens is 1. The average molecular weight is 529 g/mol. The van der Waals surface area contributed by atoms with Gasteiger partial charge in [-0.15, -0.1) is 0 Å². The Morgan fingerprint density at radius 2 is 1.54 bits per heavy atom. The van der Waals surface area contributed by atoms with E-state index in [9.17, 15) is 8.42 Å². The van der Waals surface area contributed by atoms with Gasteiger partial charge in [0.05, 0.1) is 15.3 Å². The van der Waals surface area contributed by atoms with E-state index in [1.165, 1.54) is 10.1 Å². The highest BCUT2D eigenvalue weighted by atomic mass is 32.2. The van der Waals surface area contributed by atoms with Crippen molar-refractivity contribution in [2.75, 3.05) is 42.3 Å². The highest BCUT2D eigenvalue weighted by Crippen LogP contribution is 2.30. The summed E-state index contributed by atoms with van der Waals surface area (Å²) in [6.07, 6.45) is 0.774. The van der Waals surface area contributed by atoms with Crippen LogP contribution >= 0.6 is 11.5 Å². The summed E-state index contributed by atoms with van der Waals surface area (Å²) in [5.74, 6) is 1.09. The highest BCUT2D eigenvalue weighted by Gasteiger charge is 2.21. The Balaban J connectivity index is 1.11. The predicted octanol–water partition coefficient (Wildman–Crippen LogP) is 5.62. The maximum Gasteiger partial charge on any atom is 0.261 e. The van der Waals surface area contributed by atoms with Crippen molar-refractivity contribution in [1.82, 2.24) is 9.27 Å². The molecule has 2 heterocycles. The van der Waals surface area contributed by atoms with Crippen LogP contribution in [0.5, 0.6) is 0 Å². The fourth-order valence-corrected chi connectivity index (χ4v) is 6.87. The van der Waals surface area contributed by atoms with Crippen molar-refractivity contribution in [1.29, 1.82) is 0 Å². The minimum absolute atomic E-state index is 0.270. The minimum Gasteiger partial charge on any atom is -0.353 e. The van der Waals surface area contributed by atoms with Gasteiger partial charge in [0.15, 0.2) is 0 Å². The fraction of sp³-hybridized carbons (Fsp3) is 0.207. The van der Waals surface area contributed by atoms with E-state index in [1.807, 2.05) is 54.6 Å². The fourth-order valence-electron chi connectivity index (χ4n) is 4.94. The van der Waals surface area contributed by atoms with E-state index in [2.05, 4.69) is 38.8 Å². The van der Waals surface area contributed by atoms with Crippen molar-refractivity contribution >= 4 is 53.9 Å². The molecule has 1 fully saturated rings. The lowest BCUT2D eigenvalue weighted by molar-refractivity contribution is 0.261. The molecule has 1 N–H and O–H groups in total. The molecule has 1 aliphatic rings. The number of nitrogens with zero attached hydrogens (tertiary/aromatic N) is 3. The number of hydrogen-bond donors (Lipinski definition) is 1. The molecule has 0 spiro atoms. The first kappa shape index (κ1) is 23.9. The first-order valence-corrected chi connectivity index (χ1v) is 14.7. The zero-order valence-electron chi connectivity index (χ0n) is 20.4. The van der Waals surface area contributed by atoms with Gasteiger partial charge in [0, 0.05) is 38.1 Å². The molecule has 0 saturated carbocycles. The van der Waals surface area contributed by atoms with Crippen LogP contribution in [-0.4, -0.2) is 50.4 Å². The summed E-state index contributed by atoms with van der Waals surface area (Å²) in [6, 6.07) is 29.1. The largest absolute Gasteiger partial charge is 0.353 e. The van der Waals surface area contributed by atoms with E-state index in [1.54, 1.807) is 23.7 Å². The third kappa shape index (κ3) is 5.05. The standard InChI is InChI=1S/C29H28N4O2S2/c34-37(35,25-14-13-22-7-1-2-9-24(22)21-25)31-27-11-5-3-8-23(27)15-16-32-17-19-33(20-18-32)29-26-10-4-6-12-28(26)36-30-29/h1-14,21,31H,15-20H2. The maximum atomic E-state index is 13.2. The van der Waals surface area contributed by atoms with Crippen molar-refractivity contribution in [3.8, 4) is 0 Å². The molecule has 0 aliphatic carbocycles. The summed E-state index contributed by atoms with van der Waals surface area (Å²) in [4.78, 5) is 5.09. The smallest absolute Gasteiger partial charge is 0.261 e. The van der Waals surface area contributed by atoms with Crippen molar-refractivity contribution in [3.05, 3.63) is 96.6 Å². The minimum atomic E-state index is -3.70. The molecule has 0 radical (unpaired) electrons. The number of benzene rings is 4. The molecular weight excluding hydrogens is 500 g/mol. The van der Waals surface area contributed by atoms with Crippen LogP contribution in [0.3, 0.4) is 0 Å². The molecule has 37 heavy (non-hydrogen) atoms. The summed E-state index contributed by atoms with van der Waals surface area (Å²) in [5, 5.41) is 3.15. The molecule has 0 atom stereocenters. The third-order valence-corrected chi connectivity index (χ3v) is 9.20. The van der Waals surface area contributed by atoms with Crippen molar-refractivity contribution in [2.45, 2.75) is 11.3 Å². The first-order chi connectivity index (χ1) is 18.1. The Kier molecular flexibility index (Phi) is 6.54. The van der Waals surface area contributed by atoms with Crippen LogP contribution in [0.15, 0.2) is 95.9 Å². The van der Waals surface area contributed by atoms with Crippen LogP contribution in [0.1, 0.15) is 5.56 Å². The van der Waals surface area contributed by atoms with Gasteiger partial charge in [-0.2, -0.15) is 4.37 Å². The quantitative estimate of drug-likeness (QED) is 0.297. The summed E-state index contributed by atoms with van der Waals surface area (Å²) >= 11 is 1.56. The van der Waals surface area contributed by atoms with Gasteiger partial charge in [-0.25, -0.2) is 8.42 Å². The molecule has 1 aliphatic heterocycles. The predicted molar refractivity (Wildman–Crippen MR) is 153 cm³/mol. The molecule has 5 aromatic rings. The SMILES string of the molecule is O=S(=O)(Nc1ccccc1CCN1CCN(c2nsc3ccccc23)CC1)c1ccc2ccccc2c1. The molecule has 1 aromatic heterocycles. The molecule has 0 bridgehead atoms. The first-order valence-electron chi connectivity index (χ1n) is 12.5. The lowest BCUT2D eigenvalue weighted by Crippen LogP contribution is -2.47. The number of fused-ring (bicyclic) bond motifs is 2. The van der Waals surface area contributed by atoms with E-state index in [4.69, 9.17) is 4.37 Å². The number of hydrogen-bond acceptors (Lipinski definition) is 6. The summed E-state index contributed by atoms with van der Waals surface area (Å²) < 4.78 is 35.2. The second-order valence-electron chi connectivity index (χ2n) is 9.35. The van der Waals surface area contributed by atoms with Gasteiger partial charge >= 0.3 is 0 Å². The summed E-state index contributed by atoms with van der Waals surface area (Å²) in [6.45, 7) is 4.65. The molecule has 0 amide bonds. The van der Waals surface area contributed by atoms with Gasteiger partial charge in [0.1, 0.15) is 5.82 Å². The number of rotatable bonds is 7. The number of para-hydroxylation sites is 1. The molecule has 188 valence electrons. The Labute approximate surface area is 221 Å². The van der Waals surface area contributed by atoms with Crippen LogP contribution in [-0.2, 0) is 16.4 Å². The normalized spacial score (nSPS) is 14.9. The molecule has 1 saturated heterocycles. The summed E-state index contributed by atoms with van der Waals surface area (Å²) in [7, 11) is -3.70. The van der Waals surface area contributed by atoms with Gasteiger partial charge in [-0.05, 0) is 64.6 Å². The van der Waals surface area contributed by atoms with E-state index in [0.29, 0.717) is 5.69 Å². The Hall–Kier alpha value is -3.46. The molecular formula is C29H28N4O2S2. The third-order valence-electron chi connectivity index (χ3n) is 7.02. The zero-order valence-corrected chi connectivity index (χ0v) is 22.0. The number of nitrogens with one attached hydrogen (secondary N) is 1. The van der Waals surface area contributed by atoms with Gasteiger partial charge < -0.3 is 4.90 Å². The highest BCUT2D eigenvalue weighted by molar-refractivity contribution is 7.92. The number of sulfonamides is 1. The van der Waals surface area contributed by atoms with Crippen molar-refractivity contribution in [3.63, 3.8) is 0 Å². The average Bonchev–Trinajstić information content (AvgIpc) is 3.37. The lowest BCUT2D eigenvalue weighted by atomic mass is 10.1. The van der Waals surface area contributed by atoms with Crippen molar-refractivity contribution < 1.29 is 8.42 Å². The molecule has 6 rings (SSSR count). The zero-order chi connectivity index (χ0) is 25.2. The molecule has 8 heteroatoms. The number of piperazine rings is 1. The molecule has 4 aromatic carbocycles. The maximum absolute atomic E-state index is 13.2. The van der Waals surface area contributed by atoms with E-state index in [-0.39, 0.29) is 4.90 Å². The summed E-state index contributed by atoms with van der Waals surface area (Å²) in [5.41, 5.74) is 1.64. The second kappa shape index (κ2) is 10.1. The topological polar surface area (TPSA) is 65.5 Å². The van der Waals surface area contributed by atoms with Gasteiger partial charge in [-0.3, -0.25) is 9.62 Å². The van der Waals surface area contributed by atoms with E-state index >= 15 is 0 Å². The van der Waals surface area contributed by atoms with Crippen LogP contribution in [0.2, 0.25) is 0 Å². The second-order valence-corrected chi connectivity index (χ2v) is 11.8. The van der Waals surface area contributed by atoms with Crippen LogP contribution < -0.4 is 9.62 Å². The van der Waals surface area contributed by atoms with Crippen LogP contribution in [0, 0.1) is 0 Å². The van der Waals surface area contributed by atoms with Crippen LogP contribution in [0.4, 0.5) is 11.5 Å². The monoisotopic (exact) mass is 528 g/mol. The van der Waals surface area contributed by atoms with Crippen molar-refractivity contribution in [2.24, 2.45) is 0 Å². The van der Waals surface area contributed by atoms with Gasteiger partial charge in [0.25, 0.3) is 10.0 Å².